The van der Waals surface area contributed by atoms with Crippen molar-refractivity contribution in [2.75, 3.05) is 13.1 Å². The summed E-state index contributed by atoms with van der Waals surface area (Å²) < 4.78 is 10.5. The van der Waals surface area contributed by atoms with Gasteiger partial charge in [0.05, 0.1) is 5.56 Å². The monoisotopic (exact) mass is 346 g/mol. The summed E-state index contributed by atoms with van der Waals surface area (Å²) in [4.78, 5) is 27.8. The molecule has 2 amide bonds. The van der Waals surface area contributed by atoms with Crippen LogP contribution in [0, 0.1) is 12.8 Å². The summed E-state index contributed by atoms with van der Waals surface area (Å²) in [6.45, 7) is 6.12. The Morgan fingerprint density at radius 1 is 1.20 bits per heavy atom. The Hall–Kier alpha value is -2.90. The molecule has 0 unspecified atom stereocenters. The minimum atomic E-state index is -0.279. The van der Waals surface area contributed by atoms with Crippen LogP contribution in [0.4, 0.5) is 0 Å². The van der Waals surface area contributed by atoms with E-state index >= 15 is 0 Å². The normalized spacial score (nSPS) is 10.6. The number of nitrogens with zero attached hydrogens (tertiary/aromatic N) is 2. The van der Waals surface area contributed by atoms with E-state index in [0.29, 0.717) is 36.1 Å². The lowest BCUT2D eigenvalue weighted by Crippen LogP contribution is -2.36. The fourth-order valence-electron chi connectivity index (χ4n) is 1.98. The maximum absolute atomic E-state index is 12.3. The summed E-state index contributed by atoms with van der Waals surface area (Å²) in [5.74, 6) is 0.872. The molecule has 0 spiro atoms. The summed E-state index contributed by atoms with van der Waals surface area (Å²) in [6.07, 6.45) is 0. The molecule has 1 heterocycles. The largest absolute Gasteiger partial charge is 0.485 e. The predicted octanol–water partition coefficient (Wildman–Crippen LogP) is 1.46. The van der Waals surface area contributed by atoms with Crippen LogP contribution in [0.15, 0.2) is 28.8 Å². The van der Waals surface area contributed by atoms with Crippen molar-refractivity contribution in [2.24, 2.45) is 5.92 Å². The predicted molar refractivity (Wildman–Crippen MR) is 90.0 cm³/mol. The molecule has 0 radical (unpaired) electrons. The minimum Gasteiger partial charge on any atom is -0.485 e. The summed E-state index contributed by atoms with van der Waals surface area (Å²) in [6, 6.07) is 6.89. The molecule has 0 fully saturated rings. The molecule has 1 aromatic carbocycles. The zero-order chi connectivity index (χ0) is 18.2. The number of rotatable bonds is 8. The van der Waals surface area contributed by atoms with Crippen LogP contribution in [0.3, 0.4) is 0 Å². The third kappa shape index (κ3) is 5.59. The van der Waals surface area contributed by atoms with Crippen LogP contribution in [-0.2, 0) is 11.4 Å². The lowest BCUT2D eigenvalue weighted by Gasteiger charge is -2.11. The van der Waals surface area contributed by atoms with Gasteiger partial charge in [-0.15, -0.1) is 0 Å². The first-order chi connectivity index (χ1) is 12.0. The fourth-order valence-corrected chi connectivity index (χ4v) is 1.98. The summed E-state index contributed by atoms with van der Waals surface area (Å²) in [7, 11) is 0. The lowest BCUT2D eigenvalue weighted by molar-refractivity contribution is -0.123. The second-order valence-corrected chi connectivity index (χ2v) is 5.72. The van der Waals surface area contributed by atoms with E-state index in [-0.39, 0.29) is 24.3 Å². The Bertz CT molecular complexity index is 727. The van der Waals surface area contributed by atoms with Crippen molar-refractivity contribution in [3.8, 4) is 5.75 Å². The number of para-hydroxylation sites is 1. The molecule has 8 heteroatoms. The van der Waals surface area contributed by atoms with Gasteiger partial charge < -0.3 is 19.9 Å². The number of amides is 2. The number of carbonyl (C=O) groups excluding carboxylic acids is 2. The second-order valence-electron chi connectivity index (χ2n) is 5.72. The Labute approximate surface area is 145 Å². The molecule has 1 aromatic heterocycles. The Morgan fingerprint density at radius 3 is 2.60 bits per heavy atom. The molecule has 0 saturated carbocycles. The van der Waals surface area contributed by atoms with Crippen molar-refractivity contribution in [3.63, 3.8) is 0 Å². The van der Waals surface area contributed by atoms with Crippen LogP contribution >= 0.6 is 0 Å². The number of hydrogen-bond donors (Lipinski definition) is 2. The number of ether oxygens (including phenoxy) is 1. The quantitative estimate of drug-likeness (QED) is 0.701. The number of hydrogen-bond acceptors (Lipinski definition) is 6. The van der Waals surface area contributed by atoms with E-state index in [1.807, 2.05) is 13.8 Å². The van der Waals surface area contributed by atoms with Gasteiger partial charge in [-0.25, -0.2) is 0 Å². The Balaban J connectivity index is 1.88. The van der Waals surface area contributed by atoms with E-state index in [0.717, 1.165) is 0 Å². The highest BCUT2D eigenvalue weighted by Gasteiger charge is 2.13. The molecule has 0 aliphatic rings. The molecular formula is C17H22N4O4. The number of benzene rings is 1. The van der Waals surface area contributed by atoms with Crippen molar-refractivity contribution in [1.82, 2.24) is 20.8 Å². The highest BCUT2D eigenvalue weighted by Crippen LogP contribution is 2.18. The van der Waals surface area contributed by atoms with E-state index in [9.17, 15) is 9.59 Å². The minimum absolute atomic E-state index is 0.0478. The van der Waals surface area contributed by atoms with Gasteiger partial charge >= 0.3 is 0 Å². The average Bonchev–Trinajstić information content (AvgIpc) is 3.02. The van der Waals surface area contributed by atoms with Crippen LogP contribution in [0.2, 0.25) is 0 Å². The average molecular weight is 346 g/mol. The Kier molecular flexibility index (Phi) is 6.50. The van der Waals surface area contributed by atoms with Crippen molar-refractivity contribution < 1.29 is 18.8 Å². The smallest absolute Gasteiger partial charge is 0.255 e. The van der Waals surface area contributed by atoms with E-state index in [4.69, 9.17) is 9.26 Å². The topological polar surface area (TPSA) is 106 Å². The molecule has 0 aliphatic carbocycles. The van der Waals surface area contributed by atoms with Crippen LogP contribution in [0.25, 0.3) is 0 Å². The molecule has 0 saturated heterocycles. The number of aromatic nitrogens is 2. The van der Waals surface area contributed by atoms with Crippen LogP contribution in [0.5, 0.6) is 5.75 Å². The molecule has 0 aliphatic heterocycles. The third-order valence-electron chi connectivity index (χ3n) is 3.29. The number of carbonyl (C=O) groups is 2. The first kappa shape index (κ1) is 18.4. The van der Waals surface area contributed by atoms with E-state index in [1.165, 1.54) is 0 Å². The molecule has 25 heavy (non-hydrogen) atoms. The van der Waals surface area contributed by atoms with Crippen molar-refractivity contribution in [3.05, 3.63) is 41.5 Å². The van der Waals surface area contributed by atoms with Crippen molar-refractivity contribution in [1.29, 1.82) is 0 Å². The van der Waals surface area contributed by atoms with Gasteiger partial charge in [0.1, 0.15) is 5.75 Å². The maximum atomic E-state index is 12.3. The molecule has 0 bridgehead atoms. The standard InChI is InChI=1S/C17H22N4O4/c1-11(2)16(22)18-8-9-19-17(23)13-6-4-5-7-14(13)24-10-15-20-12(3)25-21-15/h4-7,11H,8-10H2,1-3H3,(H,18,22)(H,19,23). The molecule has 8 nitrogen and oxygen atoms in total. The zero-order valence-corrected chi connectivity index (χ0v) is 14.5. The first-order valence-electron chi connectivity index (χ1n) is 8.04. The van der Waals surface area contributed by atoms with Gasteiger partial charge in [-0.3, -0.25) is 9.59 Å². The molecule has 0 atom stereocenters. The molecule has 2 aromatic rings. The van der Waals surface area contributed by atoms with Crippen molar-refractivity contribution in [2.45, 2.75) is 27.4 Å². The highest BCUT2D eigenvalue weighted by molar-refractivity contribution is 5.96. The molecule has 2 N–H and O–H groups in total. The molecule has 134 valence electrons. The maximum Gasteiger partial charge on any atom is 0.255 e. The van der Waals surface area contributed by atoms with Crippen molar-refractivity contribution >= 4 is 11.8 Å². The van der Waals surface area contributed by atoms with Gasteiger partial charge in [-0.2, -0.15) is 4.98 Å². The summed E-state index contributed by atoms with van der Waals surface area (Å²) in [5, 5.41) is 9.24. The first-order valence-corrected chi connectivity index (χ1v) is 8.04. The highest BCUT2D eigenvalue weighted by atomic mass is 16.5. The molecular weight excluding hydrogens is 324 g/mol. The number of aryl methyl sites for hydroxylation is 1. The zero-order valence-electron chi connectivity index (χ0n) is 14.5. The van der Waals surface area contributed by atoms with Gasteiger partial charge in [0.25, 0.3) is 5.91 Å². The second kappa shape index (κ2) is 8.81. The third-order valence-corrected chi connectivity index (χ3v) is 3.29. The van der Waals surface area contributed by atoms with Gasteiger partial charge in [-0.05, 0) is 12.1 Å². The van der Waals surface area contributed by atoms with E-state index in [2.05, 4.69) is 20.8 Å². The van der Waals surface area contributed by atoms with E-state index < -0.39 is 0 Å². The van der Waals surface area contributed by atoms with Gasteiger partial charge in [0, 0.05) is 25.9 Å². The van der Waals surface area contributed by atoms with E-state index in [1.54, 1.807) is 31.2 Å². The summed E-state index contributed by atoms with van der Waals surface area (Å²) >= 11 is 0. The van der Waals surface area contributed by atoms with Gasteiger partial charge in [-0.1, -0.05) is 31.1 Å². The Morgan fingerprint density at radius 2 is 1.92 bits per heavy atom. The van der Waals surface area contributed by atoms with Gasteiger partial charge in [0.15, 0.2) is 6.61 Å². The van der Waals surface area contributed by atoms with Crippen LogP contribution in [0.1, 0.15) is 35.9 Å². The number of nitrogens with one attached hydrogen (secondary N) is 2. The van der Waals surface area contributed by atoms with Crippen LogP contribution < -0.4 is 15.4 Å². The molecule has 2 rings (SSSR count). The lowest BCUT2D eigenvalue weighted by atomic mass is 10.2. The SMILES string of the molecule is Cc1nc(COc2ccccc2C(=O)NCCNC(=O)C(C)C)no1. The fraction of sp³-hybridized carbons (Fsp3) is 0.412. The van der Waals surface area contributed by atoms with Crippen LogP contribution in [-0.4, -0.2) is 35.0 Å². The summed E-state index contributed by atoms with van der Waals surface area (Å²) in [5.41, 5.74) is 0.401. The van der Waals surface area contributed by atoms with Gasteiger partial charge in [0.2, 0.25) is 17.6 Å².